The van der Waals surface area contributed by atoms with Crippen LogP contribution in [-0.2, 0) is 14.3 Å². The van der Waals surface area contributed by atoms with Crippen molar-refractivity contribution in [2.75, 3.05) is 28.1 Å². The summed E-state index contributed by atoms with van der Waals surface area (Å²) in [4.78, 5) is 25.4. The zero-order valence-corrected chi connectivity index (χ0v) is 18.7. The number of hydrogen-bond donors (Lipinski definition) is 1. The van der Waals surface area contributed by atoms with Gasteiger partial charge in [0.25, 0.3) is 0 Å². The first-order valence-corrected chi connectivity index (χ1v) is 10.5. The van der Waals surface area contributed by atoms with Crippen molar-refractivity contribution in [1.82, 2.24) is 0 Å². The molecule has 0 spiro atoms. The lowest BCUT2D eigenvalue weighted by atomic mass is 9.72. The van der Waals surface area contributed by atoms with Gasteiger partial charge in [-0.1, -0.05) is 11.6 Å². The van der Waals surface area contributed by atoms with Crippen LogP contribution < -0.4 is 14.2 Å². The Hall–Kier alpha value is -2.87. The van der Waals surface area contributed by atoms with Crippen LogP contribution in [0.2, 0.25) is 5.02 Å². The van der Waals surface area contributed by atoms with Gasteiger partial charge in [0.1, 0.15) is 11.5 Å². The minimum Gasteiger partial charge on any atom is -0.496 e. The van der Waals surface area contributed by atoms with Gasteiger partial charge in [-0.2, -0.15) is 0 Å². The number of ether oxygens (including phenoxy) is 4. The number of methoxy groups -OCH3 is 3. The number of aliphatic hydroxyl groups excluding tert-OH is 1. The summed E-state index contributed by atoms with van der Waals surface area (Å²) < 4.78 is 22.1. The molecule has 0 fully saturated rings. The number of ketones is 2. The van der Waals surface area contributed by atoms with Gasteiger partial charge in [0.2, 0.25) is 0 Å². The molecule has 0 saturated heterocycles. The number of hydrogen-bond acceptors (Lipinski definition) is 7. The van der Waals surface area contributed by atoms with E-state index in [-0.39, 0.29) is 23.9 Å². The van der Waals surface area contributed by atoms with Crippen molar-refractivity contribution in [2.24, 2.45) is 0 Å². The Morgan fingerprint density at radius 1 is 0.969 bits per heavy atom. The van der Waals surface area contributed by atoms with Crippen LogP contribution in [0.1, 0.15) is 24.3 Å². The van der Waals surface area contributed by atoms with E-state index < -0.39 is 12.0 Å². The van der Waals surface area contributed by atoms with Gasteiger partial charge in [-0.05, 0) is 48.8 Å². The molecule has 0 aliphatic heterocycles. The highest BCUT2D eigenvalue weighted by Gasteiger charge is 2.39. The first kappa shape index (κ1) is 22.3. The highest BCUT2D eigenvalue weighted by molar-refractivity contribution is 6.34. The highest BCUT2D eigenvalue weighted by atomic mass is 35.5. The van der Waals surface area contributed by atoms with Gasteiger partial charge in [-0.15, -0.1) is 0 Å². The zero-order chi connectivity index (χ0) is 23.0. The maximum absolute atomic E-state index is 12.9. The minimum atomic E-state index is -0.981. The van der Waals surface area contributed by atoms with Crippen molar-refractivity contribution < 1.29 is 33.6 Å². The van der Waals surface area contributed by atoms with Crippen LogP contribution in [0.25, 0.3) is 10.8 Å². The molecule has 2 aliphatic rings. The van der Waals surface area contributed by atoms with Gasteiger partial charge in [0.15, 0.2) is 24.1 Å². The van der Waals surface area contributed by atoms with E-state index in [4.69, 9.17) is 30.5 Å². The average molecular weight is 459 g/mol. The molecule has 2 aliphatic carbocycles. The predicted octanol–water partition coefficient (Wildman–Crippen LogP) is 3.74. The van der Waals surface area contributed by atoms with Crippen LogP contribution in [0.15, 0.2) is 41.5 Å². The van der Waals surface area contributed by atoms with Crippen molar-refractivity contribution in [3.8, 4) is 17.2 Å². The fourth-order valence-corrected chi connectivity index (χ4v) is 4.83. The van der Waals surface area contributed by atoms with Gasteiger partial charge in [-0.25, -0.2) is 0 Å². The minimum absolute atomic E-state index is 0.0305. The van der Waals surface area contributed by atoms with E-state index in [0.29, 0.717) is 57.0 Å². The Bertz CT molecular complexity index is 1160. The number of fused-ring (bicyclic) bond motifs is 1. The Morgan fingerprint density at radius 2 is 1.59 bits per heavy atom. The second kappa shape index (κ2) is 8.94. The third kappa shape index (κ3) is 3.56. The first-order chi connectivity index (χ1) is 15.4. The maximum Gasteiger partial charge on any atom is 0.188 e. The molecule has 0 saturated carbocycles. The van der Waals surface area contributed by atoms with E-state index in [1.165, 1.54) is 26.4 Å². The molecule has 168 valence electrons. The lowest BCUT2D eigenvalue weighted by molar-refractivity contribution is -0.116. The third-order valence-corrected chi connectivity index (χ3v) is 6.18. The van der Waals surface area contributed by atoms with Gasteiger partial charge >= 0.3 is 0 Å². The molecule has 8 heteroatoms. The van der Waals surface area contributed by atoms with Gasteiger partial charge < -0.3 is 24.1 Å². The topological polar surface area (TPSA) is 91.3 Å². The summed E-state index contributed by atoms with van der Waals surface area (Å²) in [6.45, 7) is -0.0305. The molecule has 0 amide bonds. The highest BCUT2D eigenvalue weighted by Crippen LogP contribution is 2.50. The summed E-state index contributed by atoms with van der Waals surface area (Å²) >= 11 is 6.65. The molecule has 2 atom stereocenters. The van der Waals surface area contributed by atoms with Crippen LogP contribution in [0.4, 0.5) is 0 Å². The molecule has 2 aromatic rings. The van der Waals surface area contributed by atoms with E-state index in [0.717, 1.165) is 0 Å². The Balaban J connectivity index is 2.05. The smallest absolute Gasteiger partial charge is 0.188 e. The number of aliphatic hydroxyl groups is 1. The summed E-state index contributed by atoms with van der Waals surface area (Å²) in [5.74, 6) is 0.289. The standard InChI is InChI=1S/C24H23ClO7/c1-29-11-32-24-14(25)10-13(21-18(30-2)8-9-19(31-3)23(21)24)12-4-5-16(27)22-17(28)7-6-15(26)20(12)22/h6-10,12,16,27H,4-5,11H2,1-3H3/t12-,16-/m1/s1. The lowest BCUT2D eigenvalue weighted by Gasteiger charge is -2.32. The average Bonchev–Trinajstić information content (AvgIpc) is 2.79. The van der Waals surface area contributed by atoms with Crippen molar-refractivity contribution >= 4 is 33.9 Å². The van der Waals surface area contributed by atoms with Gasteiger partial charge in [-0.3, -0.25) is 9.59 Å². The largest absolute Gasteiger partial charge is 0.496 e. The molecule has 7 nitrogen and oxygen atoms in total. The SMILES string of the molecule is COCOc1c(Cl)cc([C@H]2CC[C@@H](O)C3=C2C(=O)C=CC3=O)c2c(OC)ccc(OC)c12. The van der Waals surface area contributed by atoms with Crippen LogP contribution in [0.3, 0.4) is 0 Å². The third-order valence-electron chi connectivity index (χ3n) is 5.90. The number of allylic oxidation sites excluding steroid dienone is 3. The quantitative estimate of drug-likeness (QED) is 0.520. The van der Waals surface area contributed by atoms with E-state index >= 15 is 0 Å². The summed E-state index contributed by atoms with van der Waals surface area (Å²) in [6.07, 6.45) is 2.28. The Kier molecular flexibility index (Phi) is 6.24. The normalized spacial score (nSPS) is 20.5. The Labute approximate surface area is 190 Å². The molecule has 32 heavy (non-hydrogen) atoms. The van der Waals surface area contributed by atoms with Crippen molar-refractivity contribution in [1.29, 1.82) is 0 Å². The van der Waals surface area contributed by atoms with Gasteiger partial charge in [0.05, 0.1) is 30.7 Å². The van der Waals surface area contributed by atoms with E-state index in [2.05, 4.69) is 0 Å². The zero-order valence-electron chi connectivity index (χ0n) is 17.9. The van der Waals surface area contributed by atoms with E-state index in [1.54, 1.807) is 25.3 Å². The molecule has 2 aromatic carbocycles. The van der Waals surface area contributed by atoms with Crippen molar-refractivity contribution in [2.45, 2.75) is 24.9 Å². The summed E-state index contributed by atoms with van der Waals surface area (Å²) in [5, 5.41) is 12.0. The number of carbonyl (C=O) groups is 2. The predicted molar refractivity (Wildman–Crippen MR) is 119 cm³/mol. The van der Waals surface area contributed by atoms with Crippen LogP contribution in [0, 0.1) is 0 Å². The molecule has 0 aromatic heterocycles. The molecule has 1 N–H and O–H groups in total. The fraction of sp³-hybridized carbons (Fsp3) is 0.333. The number of halogens is 1. The molecule has 0 heterocycles. The first-order valence-electron chi connectivity index (χ1n) is 10.1. The monoisotopic (exact) mass is 458 g/mol. The summed E-state index contributed by atoms with van der Waals surface area (Å²) in [5.41, 5.74) is 1.14. The summed E-state index contributed by atoms with van der Waals surface area (Å²) in [6, 6.07) is 5.23. The number of rotatable bonds is 6. The molecule has 0 bridgehead atoms. The number of carbonyl (C=O) groups excluding carboxylic acids is 2. The maximum atomic E-state index is 12.9. The van der Waals surface area contributed by atoms with Crippen molar-refractivity contribution in [3.63, 3.8) is 0 Å². The molecular weight excluding hydrogens is 436 g/mol. The van der Waals surface area contributed by atoms with Crippen molar-refractivity contribution in [3.05, 3.63) is 52.1 Å². The summed E-state index contributed by atoms with van der Waals surface area (Å²) in [7, 11) is 4.58. The van der Waals surface area contributed by atoms with E-state index in [1.807, 2.05) is 0 Å². The molecule has 0 unspecified atom stereocenters. The van der Waals surface area contributed by atoms with Crippen LogP contribution >= 0.6 is 11.6 Å². The molecule has 4 rings (SSSR count). The lowest BCUT2D eigenvalue weighted by Crippen LogP contribution is -2.32. The second-order valence-corrected chi connectivity index (χ2v) is 7.99. The van der Waals surface area contributed by atoms with E-state index in [9.17, 15) is 14.7 Å². The molecule has 0 radical (unpaired) electrons. The fourth-order valence-electron chi connectivity index (χ4n) is 4.57. The molecular formula is C24H23ClO7. The van der Waals surface area contributed by atoms with Crippen LogP contribution in [-0.4, -0.2) is 50.9 Å². The van der Waals surface area contributed by atoms with Gasteiger partial charge in [0, 0.05) is 29.6 Å². The second-order valence-electron chi connectivity index (χ2n) is 7.58. The Morgan fingerprint density at radius 3 is 2.22 bits per heavy atom. The number of benzene rings is 2. The van der Waals surface area contributed by atoms with Crippen LogP contribution in [0.5, 0.6) is 17.2 Å².